The Morgan fingerprint density at radius 1 is 0.608 bits per heavy atom. The lowest BCUT2D eigenvalue weighted by Gasteiger charge is -2.34. The number of unbranched alkanes of at least 4 members (excludes halogenated alkanes) is 1. The van der Waals surface area contributed by atoms with E-state index in [1.165, 1.54) is 63.1 Å². The smallest absolute Gasteiger partial charge is 0.326 e. The first-order valence-electron chi connectivity index (χ1n) is 23.0. The summed E-state index contributed by atoms with van der Waals surface area (Å²) in [6.07, 6.45) is 0.0288. The zero-order valence-corrected chi connectivity index (χ0v) is 39.5. The molecule has 29 heteroatoms. The van der Waals surface area contributed by atoms with Crippen molar-refractivity contribution in [3.63, 3.8) is 0 Å². The first-order valence-corrected chi connectivity index (χ1v) is 23.0. The Hall–Kier alpha value is -8.92. The van der Waals surface area contributed by atoms with Crippen LogP contribution in [0, 0.1) is 0 Å². The van der Waals surface area contributed by atoms with Crippen LogP contribution in [0.3, 0.4) is 0 Å². The number of aryl methyl sites for hydroxylation is 1. The van der Waals surface area contributed by atoms with Gasteiger partial charge in [-0.1, -0.05) is 17.3 Å². The number of benzene rings is 2. The van der Waals surface area contributed by atoms with Crippen LogP contribution in [0.5, 0.6) is 0 Å². The number of nitrogens with one attached hydrogen (secondary N) is 6. The van der Waals surface area contributed by atoms with Crippen LogP contribution >= 0.6 is 0 Å². The van der Waals surface area contributed by atoms with E-state index in [0.29, 0.717) is 16.9 Å². The van der Waals surface area contributed by atoms with Crippen molar-refractivity contribution in [3.8, 4) is 5.69 Å². The van der Waals surface area contributed by atoms with Gasteiger partial charge in [0.1, 0.15) is 24.2 Å². The van der Waals surface area contributed by atoms with Gasteiger partial charge in [0, 0.05) is 68.8 Å². The molecule has 2 aromatic carbocycles. The van der Waals surface area contributed by atoms with Crippen LogP contribution in [0.25, 0.3) is 5.69 Å². The van der Waals surface area contributed by atoms with E-state index in [2.05, 4.69) is 36.9 Å². The number of carboxylic acids is 6. The molecule has 0 aliphatic carbocycles. The van der Waals surface area contributed by atoms with Gasteiger partial charge >= 0.3 is 53.9 Å². The summed E-state index contributed by atoms with van der Waals surface area (Å²) in [5.74, 6) is -9.56. The molecule has 12 N–H and O–H groups in total. The number of carbonyl (C=O) groups excluding carboxylic acids is 5. The number of anilines is 1. The molecular formula is C45H56FN11O17. The second-order valence-electron chi connectivity index (χ2n) is 16.7. The van der Waals surface area contributed by atoms with E-state index in [1.54, 1.807) is 0 Å². The summed E-state index contributed by atoms with van der Waals surface area (Å²) < 4.78 is 14.2. The molecule has 8 amide bonds. The second kappa shape index (κ2) is 28.2. The molecule has 2 heterocycles. The van der Waals surface area contributed by atoms with Crippen molar-refractivity contribution >= 4 is 71.4 Å². The van der Waals surface area contributed by atoms with Crippen LogP contribution < -0.4 is 31.9 Å². The Balaban J connectivity index is 1.34. The maximum atomic E-state index is 14.0. The predicted octanol–water partition coefficient (Wildman–Crippen LogP) is 0.743. The van der Waals surface area contributed by atoms with Gasteiger partial charge in [0.15, 0.2) is 0 Å². The van der Waals surface area contributed by atoms with Gasteiger partial charge in [0.25, 0.3) is 11.8 Å². The van der Waals surface area contributed by atoms with Crippen molar-refractivity contribution in [1.29, 1.82) is 0 Å². The van der Waals surface area contributed by atoms with Crippen molar-refractivity contribution in [2.24, 2.45) is 0 Å². The minimum Gasteiger partial charge on any atom is -0.481 e. The van der Waals surface area contributed by atoms with E-state index >= 15 is 0 Å². The molecule has 74 heavy (non-hydrogen) atoms. The van der Waals surface area contributed by atoms with E-state index in [0.717, 1.165) is 0 Å². The first kappa shape index (κ1) is 57.7. The molecule has 1 saturated heterocycles. The number of aromatic nitrogens is 3. The van der Waals surface area contributed by atoms with Crippen molar-refractivity contribution in [3.05, 3.63) is 71.0 Å². The summed E-state index contributed by atoms with van der Waals surface area (Å²) in [5, 5.41) is 77.5. The number of aliphatic carboxylic acids is 6. The second-order valence-corrected chi connectivity index (χ2v) is 16.7. The molecule has 0 bridgehead atoms. The van der Waals surface area contributed by atoms with Crippen LogP contribution in [0.1, 0.15) is 83.3 Å². The predicted molar refractivity (Wildman–Crippen MR) is 251 cm³/mol. The fourth-order valence-corrected chi connectivity index (χ4v) is 7.24. The largest absolute Gasteiger partial charge is 0.481 e. The topological polar surface area (TPSA) is 419 Å². The number of alkyl halides is 1. The summed E-state index contributed by atoms with van der Waals surface area (Å²) in [7, 11) is 0. The standard InChI is InChI=1S/C45H56FN11O17/c46-14-3-4-29-24-57(54-53-29)30-22-26(37(62)47-15-2-1-5-31(39(64)65)49-43(72)50-32(40(66)67)10-12-35(58)59)21-27(23-30)38(63)55-16-18-56(19-17-55)45(74)48-28-8-6-25(7-9-28)20-34(42(70)71)52-44(73)51-33(41(68)69)11-13-36(60)61/h6-9,21-24,31-34H,1-5,10-20H2,(H,47,62)(H,48,74)(H,58,59)(H,60,61)(H,64,65)(H,66,67)(H,68,69)(H,70,71)(H2,49,50,72)(H2,51,52,73)/t31-,32-,33-,34-/m0/s1. The van der Waals surface area contributed by atoms with Crippen molar-refractivity contribution < 1.29 is 87.8 Å². The highest BCUT2D eigenvalue weighted by Gasteiger charge is 2.29. The molecule has 0 saturated carbocycles. The molecule has 3 aromatic rings. The van der Waals surface area contributed by atoms with Crippen molar-refractivity contribution in [2.45, 2.75) is 88.4 Å². The molecule has 4 rings (SSSR count). The molecule has 0 unspecified atom stereocenters. The normalized spacial score (nSPS) is 13.7. The van der Waals surface area contributed by atoms with E-state index in [1.807, 2.05) is 5.32 Å². The summed E-state index contributed by atoms with van der Waals surface area (Å²) in [4.78, 5) is 137. The third-order valence-corrected chi connectivity index (χ3v) is 11.2. The van der Waals surface area contributed by atoms with Gasteiger partial charge in [-0.2, -0.15) is 0 Å². The van der Waals surface area contributed by atoms with Gasteiger partial charge in [-0.3, -0.25) is 23.6 Å². The molecule has 1 aliphatic rings. The Morgan fingerprint density at radius 2 is 1.12 bits per heavy atom. The molecule has 0 radical (unpaired) electrons. The summed E-state index contributed by atoms with van der Waals surface area (Å²) in [6, 6.07) is 1.37. The summed E-state index contributed by atoms with van der Waals surface area (Å²) in [5.41, 5.74) is 1.58. The monoisotopic (exact) mass is 1040 g/mol. The Labute approximate surface area is 419 Å². The fraction of sp³-hybridized carbons (Fsp3) is 0.444. The van der Waals surface area contributed by atoms with Crippen LogP contribution in [-0.4, -0.2) is 185 Å². The van der Waals surface area contributed by atoms with Crippen molar-refractivity contribution in [2.75, 3.05) is 44.7 Å². The van der Waals surface area contributed by atoms with Crippen LogP contribution in [0.2, 0.25) is 0 Å². The number of hydrogen-bond acceptors (Lipinski definition) is 13. The number of halogens is 1. The summed E-state index contributed by atoms with van der Waals surface area (Å²) in [6.45, 7) is -0.221. The number of carboxylic acid groups (broad SMARTS) is 6. The number of piperazine rings is 1. The number of urea groups is 3. The lowest BCUT2D eigenvalue weighted by molar-refractivity contribution is -0.142. The van der Waals surface area contributed by atoms with E-state index in [9.17, 15) is 77.6 Å². The average molecular weight is 1040 g/mol. The van der Waals surface area contributed by atoms with Gasteiger partial charge < -0.3 is 72.3 Å². The van der Waals surface area contributed by atoms with Gasteiger partial charge in [0.2, 0.25) is 0 Å². The van der Waals surface area contributed by atoms with E-state index < -0.39 is 122 Å². The molecule has 4 atom stereocenters. The van der Waals surface area contributed by atoms with E-state index in [-0.39, 0.29) is 88.1 Å². The Bertz CT molecular complexity index is 2540. The molecule has 0 spiro atoms. The molecule has 400 valence electrons. The maximum Gasteiger partial charge on any atom is 0.326 e. The minimum absolute atomic E-state index is 0.0204. The number of nitrogens with zero attached hydrogens (tertiary/aromatic N) is 5. The first-order chi connectivity index (χ1) is 35.1. The highest BCUT2D eigenvalue weighted by molar-refractivity contribution is 6.01. The zero-order chi connectivity index (χ0) is 54.5. The van der Waals surface area contributed by atoms with Crippen LogP contribution in [0.4, 0.5) is 24.5 Å². The lowest BCUT2D eigenvalue weighted by atomic mass is 10.1. The fourth-order valence-electron chi connectivity index (χ4n) is 7.24. The minimum atomic E-state index is -1.58. The maximum absolute atomic E-state index is 14.0. The van der Waals surface area contributed by atoms with E-state index in [4.69, 9.17) is 10.2 Å². The van der Waals surface area contributed by atoms with Crippen LogP contribution in [-0.2, 0) is 41.6 Å². The third kappa shape index (κ3) is 18.7. The number of rotatable bonds is 28. The Kier molecular flexibility index (Phi) is 22.0. The Morgan fingerprint density at radius 3 is 1.65 bits per heavy atom. The van der Waals surface area contributed by atoms with Gasteiger partial charge in [0.05, 0.1) is 24.3 Å². The number of carbonyl (C=O) groups is 11. The molecule has 28 nitrogen and oxygen atoms in total. The van der Waals surface area contributed by atoms with Crippen molar-refractivity contribution in [1.82, 2.24) is 51.4 Å². The highest BCUT2D eigenvalue weighted by Crippen LogP contribution is 2.19. The number of amides is 8. The average Bonchev–Trinajstić information content (AvgIpc) is 3.84. The lowest BCUT2D eigenvalue weighted by Crippen LogP contribution is -2.51. The summed E-state index contributed by atoms with van der Waals surface area (Å²) >= 11 is 0. The SMILES string of the molecule is O=C(O)CC[C@H](NC(=O)N[C@@H](CCCCNC(=O)c1cc(C(=O)N2CCN(C(=O)Nc3ccc(C[C@H](NC(=O)N[C@@H](CCC(=O)O)C(=O)O)C(=O)O)cc3)CC2)cc(-n2cc(CCCF)nn2)c1)C(=O)O)C(=O)O. The van der Waals surface area contributed by atoms with Crippen LogP contribution in [0.15, 0.2) is 48.7 Å². The third-order valence-electron chi connectivity index (χ3n) is 11.2. The van der Waals surface area contributed by atoms with Gasteiger partial charge in [-0.25, -0.2) is 38.2 Å². The molecule has 1 aliphatic heterocycles. The molecule has 1 aromatic heterocycles. The number of hydrogen-bond donors (Lipinski definition) is 12. The van der Waals surface area contributed by atoms with Gasteiger partial charge in [-0.05, 0) is 80.8 Å². The zero-order valence-electron chi connectivity index (χ0n) is 39.5. The molecule has 1 fully saturated rings. The quantitative estimate of drug-likeness (QED) is 0.0446. The highest BCUT2D eigenvalue weighted by atomic mass is 19.1. The van der Waals surface area contributed by atoms with Gasteiger partial charge in [-0.15, -0.1) is 5.10 Å². The molecular weight excluding hydrogens is 986 g/mol.